The van der Waals surface area contributed by atoms with Gasteiger partial charge >= 0.3 is 5.97 Å². The van der Waals surface area contributed by atoms with E-state index >= 15 is 0 Å². The highest BCUT2D eigenvalue weighted by Gasteiger charge is 2.19. The van der Waals surface area contributed by atoms with Crippen molar-refractivity contribution in [2.45, 2.75) is 19.9 Å². The van der Waals surface area contributed by atoms with Crippen molar-refractivity contribution in [3.63, 3.8) is 0 Å². The second-order valence-electron chi connectivity index (χ2n) is 5.60. The maximum Gasteiger partial charge on any atom is 0.328 e. The molecule has 142 valence electrons. The Morgan fingerprint density at radius 2 is 1.81 bits per heavy atom. The first-order valence-corrected chi connectivity index (χ1v) is 8.68. The molecule has 0 aliphatic rings. The quantitative estimate of drug-likeness (QED) is 0.714. The molecule has 1 atom stereocenters. The zero-order valence-corrected chi connectivity index (χ0v) is 16.1. The Labute approximate surface area is 166 Å². The van der Waals surface area contributed by atoms with Crippen LogP contribution in [0.3, 0.4) is 0 Å². The van der Waals surface area contributed by atoms with Crippen molar-refractivity contribution < 1.29 is 19.1 Å². The largest absolute Gasteiger partial charge is 0.454 e. The van der Waals surface area contributed by atoms with Gasteiger partial charge in [0.15, 0.2) is 12.4 Å². The molecule has 0 fully saturated rings. The van der Waals surface area contributed by atoms with E-state index in [9.17, 15) is 14.4 Å². The molecule has 0 saturated carbocycles. The Kier molecular flexibility index (Phi) is 7.15. The Morgan fingerprint density at radius 3 is 2.48 bits per heavy atom. The minimum absolute atomic E-state index is 0.116. The maximum atomic E-state index is 12.0. The van der Waals surface area contributed by atoms with Gasteiger partial charge in [-0.15, -0.1) is 0 Å². The predicted molar refractivity (Wildman–Crippen MR) is 102 cm³/mol. The number of ether oxygens (including phenoxy) is 1. The Balaban J connectivity index is 1.84. The van der Waals surface area contributed by atoms with Crippen LogP contribution in [0.1, 0.15) is 23.0 Å². The van der Waals surface area contributed by atoms with E-state index in [1.54, 1.807) is 37.3 Å². The van der Waals surface area contributed by atoms with Crippen molar-refractivity contribution in [3.05, 3.63) is 57.7 Å². The number of benzene rings is 1. The van der Waals surface area contributed by atoms with Crippen LogP contribution in [-0.4, -0.2) is 35.4 Å². The molecule has 0 aliphatic heterocycles. The first kappa shape index (κ1) is 20.7. The molecule has 9 heteroatoms. The summed E-state index contributed by atoms with van der Waals surface area (Å²) in [5.74, 6) is -1.68. The summed E-state index contributed by atoms with van der Waals surface area (Å²) in [6.07, 6.45) is 0. The average Bonchev–Trinajstić information content (AvgIpc) is 2.64. The standard InChI is InChI=1S/C18H17Cl2N3O4/c1-10-13(19)8-14(20)16(21-10)23-15(24)9-27-18(26)11(2)22-17(25)12-6-4-3-5-7-12/h3-8,11H,9H2,1-2H3,(H,22,25)(H,21,23,24)/t11-/m0/s1. The monoisotopic (exact) mass is 409 g/mol. The number of hydrogen-bond donors (Lipinski definition) is 2. The van der Waals surface area contributed by atoms with Crippen LogP contribution >= 0.6 is 23.2 Å². The van der Waals surface area contributed by atoms with Crippen molar-refractivity contribution >= 4 is 46.8 Å². The Morgan fingerprint density at radius 1 is 1.15 bits per heavy atom. The van der Waals surface area contributed by atoms with Crippen molar-refractivity contribution in [2.75, 3.05) is 11.9 Å². The second kappa shape index (κ2) is 9.34. The Hall–Kier alpha value is -2.64. The van der Waals surface area contributed by atoms with Gasteiger partial charge in [0.1, 0.15) is 6.04 Å². The number of aromatic nitrogens is 1. The van der Waals surface area contributed by atoms with E-state index in [1.165, 1.54) is 13.0 Å². The van der Waals surface area contributed by atoms with Gasteiger partial charge < -0.3 is 15.4 Å². The minimum atomic E-state index is -0.926. The molecule has 0 radical (unpaired) electrons. The third-order valence-corrected chi connectivity index (χ3v) is 4.12. The van der Waals surface area contributed by atoms with E-state index in [4.69, 9.17) is 27.9 Å². The lowest BCUT2D eigenvalue weighted by Crippen LogP contribution is -2.40. The SMILES string of the molecule is Cc1nc(NC(=O)COC(=O)[C@H](C)NC(=O)c2ccccc2)c(Cl)cc1Cl. The molecule has 0 unspecified atom stereocenters. The fourth-order valence-corrected chi connectivity index (χ4v) is 2.41. The highest BCUT2D eigenvalue weighted by atomic mass is 35.5. The van der Waals surface area contributed by atoms with Crippen molar-refractivity contribution in [3.8, 4) is 0 Å². The van der Waals surface area contributed by atoms with E-state index in [-0.39, 0.29) is 10.8 Å². The average molecular weight is 410 g/mol. The molecule has 0 saturated heterocycles. The number of pyridine rings is 1. The molecule has 1 aromatic carbocycles. The van der Waals surface area contributed by atoms with E-state index < -0.39 is 30.4 Å². The zero-order valence-electron chi connectivity index (χ0n) is 14.6. The summed E-state index contributed by atoms with van der Waals surface area (Å²) < 4.78 is 4.91. The van der Waals surface area contributed by atoms with Crippen LogP contribution in [0.4, 0.5) is 5.82 Å². The summed E-state index contributed by atoms with van der Waals surface area (Å²) in [5.41, 5.74) is 0.902. The summed E-state index contributed by atoms with van der Waals surface area (Å²) >= 11 is 11.8. The third-order valence-electron chi connectivity index (χ3n) is 3.45. The van der Waals surface area contributed by atoms with Crippen LogP contribution in [0.15, 0.2) is 36.4 Å². The summed E-state index contributed by atoms with van der Waals surface area (Å²) in [5, 5.41) is 5.46. The van der Waals surface area contributed by atoms with Crippen molar-refractivity contribution in [1.82, 2.24) is 10.3 Å². The summed E-state index contributed by atoms with van der Waals surface area (Å²) in [7, 11) is 0. The zero-order chi connectivity index (χ0) is 20.0. The predicted octanol–water partition coefficient (Wildman–Crippen LogP) is 3.00. The first-order chi connectivity index (χ1) is 12.8. The van der Waals surface area contributed by atoms with E-state index in [0.717, 1.165) is 0 Å². The van der Waals surface area contributed by atoms with Crippen LogP contribution in [0.2, 0.25) is 10.0 Å². The highest BCUT2D eigenvalue weighted by molar-refractivity contribution is 6.36. The topological polar surface area (TPSA) is 97.4 Å². The van der Waals surface area contributed by atoms with Gasteiger partial charge in [-0.2, -0.15) is 0 Å². The van der Waals surface area contributed by atoms with Crippen LogP contribution in [0.5, 0.6) is 0 Å². The molecule has 1 aromatic heterocycles. The first-order valence-electron chi connectivity index (χ1n) is 7.93. The molecule has 0 bridgehead atoms. The van der Waals surface area contributed by atoms with E-state index in [2.05, 4.69) is 15.6 Å². The number of nitrogens with one attached hydrogen (secondary N) is 2. The molecule has 2 aromatic rings. The summed E-state index contributed by atoms with van der Waals surface area (Å²) in [6, 6.07) is 8.95. The fraction of sp³-hybridized carbons (Fsp3) is 0.222. The number of halogens is 2. The van der Waals surface area contributed by atoms with Crippen molar-refractivity contribution in [2.24, 2.45) is 0 Å². The molecule has 2 amide bonds. The summed E-state index contributed by atoms with van der Waals surface area (Å²) in [4.78, 5) is 39.9. The molecule has 0 spiro atoms. The number of nitrogens with zero attached hydrogens (tertiary/aromatic N) is 1. The number of aryl methyl sites for hydroxylation is 1. The minimum Gasteiger partial charge on any atom is -0.454 e. The van der Waals surface area contributed by atoms with Gasteiger partial charge in [0.05, 0.1) is 15.7 Å². The van der Waals surface area contributed by atoms with E-state index in [1.807, 2.05) is 0 Å². The number of carbonyl (C=O) groups is 3. The molecular formula is C18H17Cl2N3O4. The van der Waals surface area contributed by atoms with Gasteiger partial charge in [0.2, 0.25) is 0 Å². The lowest BCUT2D eigenvalue weighted by molar-refractivity contribution is -0.148. The van der Waals surface area contributed by atoms with E-state index in [0.29, 0.717) is 16.3 Å². The molecule has 2 N–H and O–H groups in total. The van der Waals surface area contributed by atoms with Gasteiger partial charge in [0, 0.05) is 5.56 Å². The van der Waals surface area contributed by atoms with Gasteiger partial charge in [-0.1, -0.05) is 41.4 Å². The van der Waals surface area contributed by atoms with Crippen molar-refractivity contribution in [1.29, 1.82) is 0 Å². The third kappa shape index (κ3) is 5.94. The van der Waals surface area contributed by atoms with Crippen LogP contribution in [0.25, 0.3) is 0 Å². The molecule has 2 rings (SSSR count). The molecular weight excluding hydrogens is 393 g/mol. The number of esters is 1. The second-order valence-corrected chi connectivity index (χ2v) is 6.42. The molecule has 27 heavy (non-hydrogen) atoms. The van der Waals surface area contributed by atoms with Crippen LogP contribution < -0.4 is 10.6 Å². The number of rotatable bonds is 6. The van der Waals surface area contributed by atoms with Crippen LogP contribution in [0, 0.1) is 6.92 Å². The molecule has 0 aliphatic carbocycles. The fourth-order valence-electron chi connectivity index (χ4n) is 2.00. The summed E-state index contributed by atoms with van der Waals surface area (Å²) in [6.45, 7) is 2.57. The number of carbonyl (C=O) groups excluding carboxylic acids is 3. The lowest BCUT2D eigenvalue weighted by atomic mass is 10.2. The Bertz CT molecular complexity index is 859. The smallest absolute Gasteiger partial charge is 0.328 e. The normalized spacial score (nSPS) is 11.4. The number of amides is 2. The number of hydrogen-bond acceptors (Lipinski definition) is 5. The molecule has 1 heterocycles. The van der Waals surface area contributed by atoms with Gasteiger partial charge in [-0.05, 0) is 32.0 Å². The van der Waals surface area contributed by atoms with Gasteiger partial charge in [-0.25, -0.2) is 9.78 Å². The van der Waals surface area contributed by atoms with Gasteiger partial charge in [-0.3, -0.25) is 9.59 Å². The lowest BCUT2D eigenvalue weighted by Gasteiger charge is -2.13. The van der Waals surface area contributed by atoms with Gasteiger partial charge in [0.25, 0.3) is 11.8 Å². The highest BCUT2D eigenvalue weighted by Crippen LogP contribution is 2.25. The number of anilines is 1. The van der Waals surface area contributed by atoms with Crippen LogP contribution in [-0.2, 0) is 14.3 Å². The molecule has 7 nitrogen and oxygen atoms in total. The maximum absolute atomic E-state index is 12.0.